The number of ether oxygens (including phenoxy) is 1. The zero-order chi connectivity index (χ0) is 21.2. The van der Waals surface area contributed by atoms with Gasteiger partial charge < -0.3 is 15.6 Å². The van der Waals surface area contributed by atoms with E-state index in [0.717, 1.165) is 5.56 Å². The molecule has 0 radical (unpaired) electrons. The van der Waals surface area contributed by atoms with E-state index in [0.29, 0.717) is 17.0 Å². The van der Waals surface area contributed by atoms with Gasteiger partial charge >= 0.3 is 6.09 Å². The van der Waals surface area contributed by atoms with Gasteiger partial charge in [-0.2, -0.15) is 0 Å². The molecule has 154 valence electrons. The Bertz CT molecular complexity index is 906. The van der Waals surface area contributed by atoms with Gasteiger partial charge in [-0.05, 0) is 38.0 Å². The lowest BCUT2D eigenvalue weighted by atomic mass is 10.0. The summed E-state index contributed by atoms with van der Waals surface area (Å²) in [5, 5.41) is 21.0. The molecule has 0 unspecified atom stereocenters. The Morgan fingerprint density at radius 2 is 2.07 bits per heavy atom. The van der Waals surface area contributed by atoms with Crippen LogP contribution in [0.4, 0.5) is 16.2 Å². The fourth-order valence-electron chi connectivity index (χ4n) is 3.54. The summed E-state index contributed by atoms with van der Waals surface area (Å²) in [5.41, 5.74) is 6.01. The minimum absolute atomic E-state index is 0.0611. The number of amides is 1. The average Bonchev–Trinajstić information content (AvgIpc) is 2.97. The molecule has 2 aromatic carbocycles. The number of nitrogens with zero attached hydrogens (tertiary/aromatic N) is 2. The zero-order valence-corrected chi connectivity index (χ0v) is 17.0. The van der Waals surface area contributed by atoms with Gasteiger partial charge in [0.15, 0.2) is 0 Å². The van der Waals surface area contributed by atoms with E-state index in [1.165, 1.54) is 22.7 Å². The number of nitrogens with two attached hydrogens (primary N) is 1. The fourth-order valence-corrected chi connectivity index (χ4v) is 4.86. The van der Waals surface area contributed by atoms with Crippen LogP contribution in [0.15, 0.2) is 53.4 Å². The van der Waals surface area contributed by atoms with Crippen LogP contribution in [0.3, 0.4) is 0 Å². The molecule has 0 saturated carbocycles. The number of nitrogen functional groups attached to an aromatic ring is 1. The van der Waals surface area contributed by atoms with Crippen molar-refractivity contribution in [3.05, 3.63) is 64.2 Å². The van der Waals surface area contributed by atoms with Crippen LogP contribution in [-0.2, 0) is 4.74 Å². The number of anilines is 1. The molecule has 1 saturated heterocycles. The molecular formula is C20H23N3O5S. The first-order valence-electron chi connectivity index (χ1n) is 9.11. The summed E-state index contributed by atoms with van der Waals surface area (Å²) in [5.74, 6) is 0. The first-order valence-corrected chi connectivity index (χ1v) is 9.98. The van der Waals surface area contributed by atoms with Gasteiger partial charge in [0.25, 0.3) is 5.69 Å². The van der Waals surface area contributed by atoms with Gasteiger partial charge in [0.1, 0.15) is 5.72 Å². The molecule has 1 aliphatic heterocycles. The highest BCUT2D eigenvalue weighted by Crippen LogP contribution is 2.45. The summed E-state index contributed by atoms with van der Waals surface area (Å²) in [4.78, 5) is 24.7. The lowest BCUT2D eigenvalue weighted by molar-refractivity contribution is -0.387. The number of hydrogen-bond donors (Lipinski definition) is 2. The van der Waals surface area contributed by atoms with Crippen LogP contribution in [-0.4, -0.2) is 39.4 Å². The monoisotopic (exact) mass is 417 g/mol. The van der Waals surface area contributed by atoms with E-state index in [4.69, 9.17) is 10.5 Å². The molecule has 1 aliphatic rings. The second-order valence-corrected chi connectivity index (χ2v) is 8.55. The zero-order valence-electron chi connectivity index (χ0n) is 16.1. The van der Waals surface area contributed by atoms with E-state index in [9.17, 15) is 20.0 Å². The van der Waals surface area contributed by atoms with E-state index in [2.05, 4.69) is 0 Å². The summed E-state index contributed by atoms with van der Waals surface area (Å²) in [6.07, 6.45) is -0.598. The van der Waals surface area contributed by atoms with Gasteiger partial charge in [0.05, 0.1) is 22.5 Å². The van der Waals surface area contributed by atoms with E-state index in [1.807, 2.05) is 30.3 Å². The Morgan fingerprint density at radius 1 is 1.38 bits per heavy atom. The second kappa shape index (κ2) is 8.30. The van der Waals surface area contributed by atoms with Crippen LogP contribution in [0.25, 0.3) is 0 Å². The van der Waals surface area contributed by atoms with E-state index in [1.54, 1.807) is 26.0 Å². The largest absolute Gasteiger partial charge is 0.465 e. The lowest BCUT2D eigenvalue weighted by Crippen LogP contribution is -2.47. The number of nitro benzene ring substituents is 1. The van der Waals surface area contributed by atoms with E-state index < -0.39 is 16.7 Å². The third-order valence-corrected chi connectivity index (χ3v) is 6.24. The van der Waals surface area contributed by atoms with Crippen LogP contribution < -0.4 is 5.73 Å². The molecule has 1 heterocycles. The maximum Gasteiger partial charge on any atom is 0.409 e. The first kappa shape index (κ1) is 20.9. The predicted octanol–water partition coefficient (Wildman–Crippen LogP) is 4.52. The number of carboxylic acid groups (broad SMARTS) is 1. The molecule has 2 aromatic rings. The summed E-state index contributed by atoms with van der Waals surface area (Å²) >= 11 is 1.33. The molecule has 3 rings (SSSR count). The van der Waals surface area contributed by atoms with Crippen molar-refractivity contribution in [1.29, 1.82) is 0 Å². The minimum Gasteiger partial charge on any atom is -0.465 e. The fraction of sp³-hybridized carbons (Fsp3) is 0.350. The smallest absolute Gasteiger partial charge is 0.409 e. The molecule has 2 atom stereocenters. The number of thioether (sulfide) groups is 1. The van der Waals surface area contributed by atoms with Crippen molar-refractivity contribution in [2.75, 3.05) is 12.3 Å². The van der Waals surface area contributed by atoms with Crippen LogP contribution >= 0.6 is 11.8 Å². The summed E-state index contributed by atoms with van der Waals surface area (Å²) in [6.45, 7) is 3.71. The molecule has 8 nitrogen and oxygen atoms in total. The first-order chi connectivity index (χ1) is 13.7. The number of hydrogen-bond acceptors (Lipinski definition) is 6. The summed E-state index contributed by atoms with van der Waals surface area (Å²) in [6, 6.07) is 13.8. The van der Waals surface area contributed by atoms with E-state index >= 15 is 0 Å². The van der Waals surface area contributed by atoms with E-state index in [-0.39, 0.29) is 23.6 Å². The van der Waals surface area contributed by atoms with Gasteiger partial charge in [-0.1, -0.05) is 30.3 Å². The molecule has 1 amide bonds. The molecule has 0 aromatic heterocycles. The van der Waals surface area contributed by atoms with Crippen molar-refractivity contribution < 1.29 is 19.6 Å². The van der Waals surface area contributed by atoms with Gasteiger partial charge in [-0.25, -0.2) is 4.79 Å². The Morgan fingerprint density at radius 3 is 2.69 bits per heavy atom. The SMILES string of the molecule is CC1(C)OC[C@H](C[C@@H](Sc2ccc(N)cc2[N+](=O)[O-])c2ccccc2)N1C(=O)O. The highest BCUT2D eigenvalue weighted by atomic mass is 32.2. The van der Waals surface area contributed by atoms with Crippen molar-refractivity contribution in [3.8, 4) is 0 Å². The van der Waals surface area contributed by atoms with Crippen LogP contribution in [0, 0.1) is 10.1 Å². The molecule has 9 heteroatoms. The highest BCUT2D eigenvalue weighted by Gasteiger charge is 2.44. The normalized spacial score (nSPS) is 19.1. The predicted molar refractivity (Wildman–Crippen MR) is 111 cm³/mol. The lowest BCUT2D eigenvalue weighted by Gasteiger charge is -2.32. The summed E-state index contributed by atoms with van der Waals surface area (Å²) in [7, 11) is 0. The third kappa shape index (κ3) is 4.63. The molecule has 0 bridgehead atoms. The Labute approximate surface area is 172 Å². The number of nitro groups is 1. The molecule has 29 heavy (non-hydrogen) atoms. The van der Waals surface area contributed by atoms with Gasteiger partial charge in [-0.3, -0.25) is 15.0 Å². The maximum absolute atomic E-state index is 11.8. The Kier molecular flexibility index (Phi) is 5.99. The van der Waals surface area contributed by atoms with Crippen LogP contribution in [0.5, 0.6) is 0 Å². The molecule has 0 aliphatic carbocycles. The third-order valence-electron chi connectivity index (χ3n) is 4.89. The van der Waals surface area contributed by atoms with Gasteiger partial charge in [0, 0.05) is 17.0 Å². The summed E-state index contributed by atoms with van der Waals surface area (Å²) < 4.78 is 5.70. The standard InChI is InChI=1S/C20H23N3O5S/c1-20(2)22(19(24)25)15(12-28-20)11-18(13-6-4-3-5-7-13)29-17-9-8-14(21)10-16(17)23(26)27/h3-10,15,18H,11-12,21H2,1-2H3,(H,24,25)/t15-,18+/m0/s1. The maximum atomic E-state index is 11.8. The van der Waals surface area contributed by atoms with Crippen molar-refractivity contribution in [2.24, 2.45) is 0 Å². The van der Waals surface area contributed by atoms with Gasteiger partial charge in [0.2, 0.25) is 0 Å². The van der Waals surface area contributed by atoms with Crippen LogP contribution in [0.2, 0.25) is 0 Å². The Hall–Kier alpha value is -2.78. The Balaban J connectivity index is 1.93. The highest BCUT2D eigenvalue weighted by molar-refractivity contribution is 7.99. The quantitative estimate of drug-likeness (QED) is 0.307. The van der Waals surface area contributed by atoms with Crippen molar-refractivity contribution in [3.63, 3.8) is 0 Å². The van der Waals surface area contributed by atoms with Crippen molar-refractivity contribution in [2.45, 2.75) is 42.2 Å². The average molecular weight is 417 g/mol. The second-order valence-electron chi connectivity index (χ2n) is 7.30. The molecule has 3 N–H and O–H groups in total. The number of rotatable bonds is 6. The molecule has 1 fully saturated rings. The topological polar surface area (TPSA) is 119 Å². The minimum atomic E-state index is -1.05. The number of benzene rings is 2. The number of carbonyl (C=O) groups is 1. The van der Waals surface area contributed by atoms with Crippen LogP contribution in [0.1, 0.15) is 31.1 Å². The molecule has 0 spiro atoms. The molecular weight excluding hydrogens is 394 g/mol. The van der Waals surface area contributed by atoms with Gasteiger partial charge in [-0.15, -0.1) is 11.8 Å². The van der Waals surface area contributed by atoms with Crippen molar-refractivity contribution in [1.82, 2.24) is 4.90 Å². The van der Waals surface area contributed by atoms with Crippen molar-refractivity contribution >= 4 is 29.2 Å².